The Kier molecular flexibility index (Phi) is 7.81. The second kappa shape index (κ2) is 8.88. The van der Waals surface area contributed by atoms with Gasteiger partial charge >= 0.3 is 6.09 Å². The number of hydrogen-bond acceptors (Lipinski definition) is 4. The van der Waals surface area contributed by atoms with Crippen LogP contribution in [0.25, 0.3) is 0 Å². The van der Waals surface area contributed by atoms with Crippen molar-refractivity contribution >= 4 is 6.09 Å². The fraction of sp³-hybridized carbons (Fsp3) is 0.944. The largest absolute Gasteiger partial charge is 0.444 e. The Hall–Kier alpha value is -0.810. The number of alkyl carbamates (subject to hydrolysis) is 1. The second-order valence-electron chi connectivity index (χ2n) is 7.99. The van der Waals surface area contributed by atoms with E-state index in [1.165, 1.54) is 19.4 Å². The van der Waals surface area contributed by atoms with Crippen molar-refractivity contribution in [2.45, 2.75) is 71.4 Å². The lowest BCUT2D eigenvalue weighted by molar-refractivity contribution is 0.0505. The SMILES string of the molecule is CCC(CC)(CNC(=O)OC(C)(C)C)NCC1CCCN(C)C1. The Morgan fingerprint density at radius 1 is 1.26 bits per heavy atom. The van der Waals surface area contributed by atoms with Gasteiger partial charge in [0.05, 0.1) is 0 Å². The van der Waals surface area contributed by atoms with Gasteiger partial charge in [-0.05, 0) is 72.5 Å². The van der Waals surface area contributed by atoms with E-state index in [1.807, 2.05) is 20.8 Å². The zero-order valence-corrected chi connectivity index (χ0v) is 16.0. The Morgan fingerprint density at radius 3 is 2.43 bits per heavy atom. The number of nitrogens with zero attached hydrogens (tertiary/aromatic N) is 1. The van der Waals surface area contributed by atoms with Crippen LogP contribution in [0.2, 0.25) is 0 Å². The average molecular weight is 328 g/mol. The van der Waals surface area contributed by atoms with Gasteiger partial charge in [0, 0.05) is 18.6 Å². The first kappa shape index (κ1) is 20.2. The molecule has 0 aromatic carbocycles. The summed E-state index contributed by atoms with van der Waals surface area (Å²) in [5, 5.41) is 6.69. The van der Waals surface area contributed by atoms with Gasteiger partial charge in [-0.3, -0.25) is 0 Å². The zero-order chi connectivity index (χ0) is 17.5. The summed E-state index contributed by atoms with van der Waals surface area (Å²) >= 11 is 0. The molecule has 1 rings (SSSR count). The smallest absolute Gasteiger partial charge is 0.407 e. The lowest BCUT2D eigenvalue weighted by atomic mass is 9.90. The van der Waals surface area contributed by atoms with E-state index in [2.05, 4.69) is 36.4 Å². The molecule has 1 fully saturated rings. The van der Waals surface area contributed by atoms with E-state index in [0.29, 0.717) is 12.5 Å². The van der Waals surface area contributed by atoms with Crippen molar-refractivity contribution in [3.05, 3.63) is 0 Å². The number of hydrogen-bond donors (Lipinski definition) is 2. The maximum atomic E-state index is 11.9. The molecule has 1 atom stereocenters. The lowest BCUT2D eigenvalue weighted by Gasteiger charge is -2.37. The Balaban J connectivity index is 2.48. The van der Waals surface area contributed by atoms with Crippen LogP contribution in [0.15, 0.2) is 0 Å². The molecule has 0 spiro atoms. The Bertz CT molecular complexity index is 362. The fourth-order valence-electron chi connectivity index (χ4n) is 3.17. The molecule has 0 radical (unpaired) electrons. The number of ether oxygens (including phenoxy) is 1. The predicted octanol–water partition coefficient (Wildman–Crippen LogP) is 3.00. The summed E-state index contributed by atoms with van der Waals surface area (Å²) in [5.41, 5.74) is -0.502. The average Bonchev–Trinajstić information content (AvgIpc) is 2.46. The summed E-state index contributed by atoms with van der Waals surface area (Å²) in [6.07, 6.45) is 4.22. The van der Waals surface area contributed by atoms with Gasteiger partial charge in [-0.2, -0.15) is 0 Å². The summed E-state index contributed by atoms with van der Waals surface area (Å²) in [7, 11) is 2.20. The molecule has 1 heterocycles. The normalized spacial score (nSPS) is 20.3. The third-order valence-electron chi connectivity index (χ3n) is 4.81. The molecule has 2 N–H and O–H groups in total. The quantitative estimate of drug-likeness (QED) is 0.755. The van der Waals surface area contributed by atoms with Crippen LogP contribution in [0, 0.1) is 5.92 Å². The third-order valence-corrected chi connectivity index (χ3v) is 4.81. The van der Waals surface area contributed by atoms with Gasteiger partial charge in [0.2, 0.25) is 0 Å². The molecule has 1 saturated heterocycles. The van der Waals surface area contributed by atoms with Crippen molar-refractivity contribution in [2.75, 3.05) is 33.2 Å². The van der Waals surface area contributed by atoms with E-state index in [9.17, 15) is 4.79 Å². The molecule has 0 aromatic rings. The van der Waals surface area contributed by atoms with Crippen LogP contribution in [-0.2, 0) is 4.74 Å². The first-order valence-electron chi connectivity index (χ1n) is 9.10. The monoisotopic (exact) mass is 327 g/mol. The lowest BCUT2D eigenvalue weighted by Crippen LogP contribution is -2.55. The van der Waals surface area contributed by atoms with E-state index < -0.39 is 5.60 Å². The van der Waals surface area contributed by atoms with Crippen molar-refractivity contribution in [3.8, 4) is 0 Å². The summed E-state index contributed by atoms with van der Waals surface area (Å²) < 4.78 is 5.35. The third kappa shape index (κ3) is 7.53. The topological polar surface area (TPSA) is 53.6 Å². The van der Waals surface area contributed by atoms with Gasteiger partial charge in [-0.25, -0.2) is 4.79 Å². The highest BCUT2D eigenvalue weighted by Gasteiger charge is 2.29. The highest BCUT2D eigenvalue weighted by molar-refractivity contribution is 5.67. The highest BCUT2D eigenvalue weighted by atomic mass is 16.6. The van der Waals surface area contributed by atoms with Crippen molar-refractivity contribution < 1.29 is 9.53 Å². The maximum Gasteiger partial charge on any atom is 0.407 e. The van der Waals surface area contributed by atoms with Gasteiger partial charge in [-0.15, -0.1) is 0 Å². The van der Waals surface area contributed by atoms with E-state index in [4.69, 9.17) is 4.74 Å². The molecule has 1 amide bonds. The minimum absolute atomic E-state index is 0.0487. The number of rotatable bonds is 7. The number of carbonyl (C=O) groups excluding carboxylic acids is 1. The van der Waals surface area contributed by atoms with Crippen LogP contribution < -0.4 is 10.6 Å². The minimum Gasteiger partial charge on any atom is -0.444 e. The molecule has 23 heavy (non-hydrogen) atoms. The first-order chi connectivity index (χ1) is 10.7. The van der Waals surface area contributed by atoms with Gasteiger partial charge in [0.1, 0.15) is 5.60 Å². The number of nitrogens with one attached hydrogen (secondary N) is 2. The molecule has 0 aliphatic carbocycles. The number of piperidine rings is 1. The zero-order valence-electron chi connectivity index (χ0n) is 16.0. The summed E-state index contributed by atoms with van der Waals surface area (Å²) in [5.74, 6) is 0.702. The Labute approximate surface area is 142 Å². The van der Waals surface area contributed by atoms with Crippen LogP contribution in [0.1, 0.15) is 60.3 Å². The van der Waals surface area contributed by atoms with E-state index >= 15 is 0 Å². The van der Waals surface area contributed by atoms with Crippen molar-refractivity contribution in [2.24, 2.45) is 5.92 Å². The number of amides is 1. The van der Waals surface area contributed by atoms with Gasteiger partial charge in [-0.1, -0.05) is 13.8 Å². The van der Waals surface area contributed by atoms with Crippen LogP contribution in [0.4, 0.5) is 4.79 Å². The highest BCUT2D eigenvalue weighted by Crippen LogP contribution is 2.19. The second-order valence-corrected chi connectivity index (χ2v) is 7.99. The molecular weight excluding hydrogens is 290 g/mol. The summed E-state index contributed by atoms with van der Waals surface area (Å²) in [4.78, 5) is 14.3. The fourth-order valence-corrected chi connectivity index (χ4v) is 3.17. The summed E-state index contributed by atoms with van der Waals surface area (Å²) in [6.45, 7) is 14.0. The van der Waals surface area contributed by atoms with E-state index in [-0.39, 0.29) is 11.6 Å². The molecule has 1 unspecified atom stereocenters. The van der Waals surface area contributed by atoms with Gasteiger partial charge < -0.3 is 20.3 Å². The Morgan fingerprint density at radius 2 is 1.91 bits per heavy atom. The van der Waals surface area contributed by atoms with Crippen molar-refractivity contribution in [1.29, 1.82) is 0 Å². The van der Waals surface area contributed by atoms with Gasteiger partial charge in [0.15, 0.2) is 0 Å². The van der Waals surface area contributed by atoms with Crippen LogP contribution >= 0.6 is 0 Å². The molecule has 5 nitrogen and oxygen atoms in total. The molecule has 0 bridgehead atoms. The molecule has 1 aliphatic rings. The molecule has 136 valence electrons. The van der Waals surface area contributed by atoms with Crippen molar-refractivity contribution in [3.63, 3.8) is 0 Å². The van der Waals surface area contributed by atoms with Crippen LogP contribution in [-0.4, -0.2) is 55.4 Å². The van der Waals surface area contributed by atoms with E-state index in [1.54, 1.807) is 0 Å². The predicted molar refractivity (Wildman–Crippen MR) is 95.8 cm³/mol. The molecule has 0 aromatic heterocycles. The van der Waals surface area contributed by atoms with Gasteiger partial charge in [0.25, 0.3) is 0 Å². The molecular formula is C18H37N3O2. The molecule has 0 saturated carbocycles. The minimum atomic E-state index is -0.453. The first-order valence-corrected chi connectivity index (χ1v) is 9.10. The maximum absolute atomic E-state index is 11.9. The van der Waals surface area contributed by atoms with Crippen LogP contribution in [0.3, 0.4) is 0 Å². The standard InChI is InChI=1S/C18H37N3O2/c1-7-18(8-2,14-19-16(22)23-17(3,4)5)20-12-15-10-9-11-21(6)13-15/h15,20H,7-14H2,1-6H3,(H,19,22). The van der Waals surface area contributed by atoms with E-state index in [0.717, 1.165) is 25.9 Å². The molecule has 5 heteroatoms. The molecule has 1 aliphatic heterocycles. The number of carbonyl (C=O) groups is 1. The number of likely N-dealkylation sites (tertiary alicyclic amines) is 1. The van der Waals surface area contributed by atoms with Crippen molar-refractivity contribution in [1.82, 2.24) is 15.5 Å². The summed E-state index contributed by atoms with van der Waals surface area (Å²) in [6, 6.07) is 0. The van der Waals surface area contributed by atoms with Crippen LogP contribution in [0.5, 0.6) is 0 Å².